The molecule has 0 atom stereocenters. The van der Waals surface area contributed by atoms with Crippen molar-refractivity contribution in [2.45, 2.75) is 39.2 Å². The van der Waals surface area contributed by atoms with Gasteiger partial charge >= 0.3 is 0 Å². The number of hydrogen-bond acceptors (Lipinski definition) is 3. The summed E-state index contributed by atoms with van der Waals surface area (Å²) in [4.78, 5) is 4.25. The van der Waals surface area contributed by atoms with Crippen molar-refractivity contribution >= 4 is 28.6 Å². The highest BCUT2D eigenvalue weighted by atomic mass is 32.1. The zero-order chi connectivity index (χ0) is 13.4. The minimum atomic E-state index is 0.625. The fraction of sp³-hybridized carbons (Fsp3) is 0.400. The van der Waals surface area contributed by atoms with Crippen molar-refractivity contribution in [3.05, 3.63) is 34.1 Å². The molecular formula is C15H19N3S. The number of anilines is 1. The fourth-order valence-electron chi connectivity index (χ4n) is 2.73. The Labute approximate surface area is 117 Å². The van der Waals surface area contributed by atoms with Crippen molar-refractivity contribution in [3.8, 4) is 0 Å². The Morgan fingerprint density at radius 3 is 2.74 bits per heavy atom. The van der Waals surface area contributed by atoms with Crippen LogP contribution in [0.25, 0.3) is 12.2 Å². The van der Waals surface area contributed by atoms with E-state index in [4.69, 9.17) is 5.73 Å². The summed E-state index contributed by atoms with van der Waals surface area (Å²) in [5, 5.41) is 2.61. The molecule has 2 N–H and O–H groups in total. The van der Waals surface area contributed by atoms with Crippen molar-refractivity contribution in [1.29, 1.82) is 0 Å². The van der Waals surface area contributed by atoms with Crippen molar-refractivity contribution < 1.29 is 0 Å². The van der Waals surface area contributed by atoms with E-state index < -0.39 is 0 Å². The number of nitrogens with two attached hydrogens (primary N) is 1. The van der Waals surface area contributed by atoms with E-state index in [-0.39, 0.29) is 0 Å². The van der Waals surface area contributed by atoms with Crippen LogP contribution >= 0.6 is 11.3 Å². The second-order valence-corrected chi connectivity index (χ2v) is 6.11. The Bertz CT molecular complexity index is 617. The normalized spacial score (nSPS) is 16.1. The zero-order valence-corrected chi connectivity index (χ0v) is 12.2. The Hall–Kier alpha value is -1.55. The Morgan fingerprint density at radius 1 is 1.37 bits per heavy atom. The summed E-state index contributed by atoms with van der Waals surface area (Å²) in [7, 11) is 0. The van der Waals surface area contributed by atoms with Gasteiger partial charge in [-0.15, -0.1) is 11.3 Å². The molecule has 0 bridgehead atoms. The molecule has 3 rings (SSSR count). The van der Waals surface area contributed by atoms with Gasteiger partial charge < -0.3 is 10.3 Å². The molecule has 2 heterocycles. The zero-order valence-electron chi connectivity index (χ0n) is 11.4. The van der Waals surface area contributed by atoms with Crippen molar-refractivity contribution in [2.24, 2.45) is 0 Å². The molecule has 1 fully saturated rings. The average Bonchev–Trinajstić information content (AvgIpc) is 2.83. The highest BCUT2D eigenvalue weighted by Gasteiger charge is 2.22. The summed E-state index contributed by atoms with van der Waals surface area (Å²) < 4.78 is 2.48. The third-order valence-electron chi connectivity index (χ3n) is 3.94. The molecule has 3 nitrogen and oxygen atoms in total. The molecule has 0 radical (unpaired) electrons. The molecule has 0 unspecified atom stereocenters. The maximum absolute atomic E-state index is 5.64. The van der Waals surface area contributed by atoms with E-state index in [9.17, 15) is 0 Å². The smallest absolute Gasteiger partial charge is 0.180 e. The largest absolute Gasteiger partial charge is 0.375 e. The summed E-state index contributed by atoms with van der Waals surface area (Å²) in [5.74, 6) is 0. The van der Waals surface area contributed by atoms with Gasteiger partial charge in [-0.3, -0.25) is 0 Å². The predicted octanol–water partition coefficient (Wildman–Crippen LogP) is 4.04. The van der Waals surface area contributed by atoms with Crippen molar-refractivity contribution in [1.82, 2.24) is 9.55 Å². The summed E-state index contributed by atoms with van der Waals surface area (Å²) in [5.41, 5.74) is 10.6. The van der Waals surface area contributed by atoms with E-state index in [1.54, 1.807) is 0 Å². The van der Waals surface area contributed by atoms with Crippen LogP contribution in [0.2, 0.25) is 0 Å². The summed E-state index contributed by atoms with van der Waals surface area (Å²) >= 11 is 1.48. The molecule has 1 aliphatic rings. The van der Waals surface area contributed by atoms with Crippen LogP contribution in [0.3, 0.4) is 0 Å². The summed E-state index contributed by atoms with van der Waals surface area (Å²) in [6.45, 7) is 4.41. The van der Waals surface area contributed by atoms with Crippen molar-refractivity contribution in [3.63, 3.8) is 0 Å². The molecule has 0 saturated heterocycles. The van der Waals surface area contributed by atoms with E-state index >= 15 is 0 Å². The lowest BCUT2D eigenvalue weighted by molar-refractivity contribution is 0.306. The van der Waals surface area contributed by atoms with E-state index in [2.05, 4.69) is 35.5 Å². The van der Waals surface area contributed by atoms with Gasteiger partial charge in [0, 0.05) is 22.8 Å². The minimum absolute atomic E-state index is 0.625. The summed E-state index contributed by atoms with van der Waals surface area (Å²) in [6, 6.07) is 2.98. The lowest BCUT2D eigenvalue weighted by Crippen LogP contribution is -2.19. The van der Waals surface area contributed by atoms with Crippen LogP contribution in [0.4, 0.5) is 5.13 Å². The van der Waals surface area contributed by atoms with Crippen LogP contribution in [0.5, 0.6) is 0 Å². The van der Waals surface area contributed by atoms with E-state index in [0.717, 1.165) is 11.7 Å². The number of thiazole rings is 1. The summed E-state index contributed by atoms with van der Waals surface area (Å²) in [6.07, 6.45) is 8.20. The van der Waals surface area contributed by atoms with E-state index in [1.807, 2.05) is 11.5 Å². The molecule has 1 saturated carbocycles. The first-order valence-electron chi connectivity index (χ1n) is 6.72. The number of aryl methyl sites for hydroxylation is 1. The lowest BCUT2D eigenvalue weighted by Gasteiger charge is -2.30. The number of nitrogens with zero attached hydrogens (tertiary/aromatic N) is 2. The van der Waals surface area contributed by atoms with Crippen LogP contribution in [0, 0.1) is 13.8 Å². The molecule has 0 spiro atoms. The number of hydrogen-bond donors (Lipinski definition) is 1. The molecular weight excluding hydrogens is 254 g/mol. The van der Waals surface area contributed by atoms with Gasteiger partial charge in [0.15, 0.2) is 5.13 Å². The monoisotopic (exact) mass is 273 g/mol. The van der Waals surface area contributed by atoms with Crippen LogP contribution < -0.4 is 5.73 Å². The van der Waals surface area contributed by atoms with Crippen LogP contribution in [-0.2, 0) is 0 Å². The lowest BCUT2D eigenvalue weighted by atomic mass is 9.92. The van der Waals surface area contributed by atoms with Gasteiger partial charge in [0.2, 0.25) is 0 Å². The first kappa shape index (κ1) is 12.5. The molecule has 0 aromatic carbocycles. The second kappa shape index (κ2) is 4.85. The highest BCUT2D eigenvalue weighted by Crippen LogP contribution is 2.35. The van der Waals surface area contributed by atoms with Gasteiger partial charge in [-0.1, -0.05) is 6.08 Å². The molecule has 0 amide bonds. The van der Waals surface area contributed by atoms with Crippen LogP contribution in [0.15, 0.2) is 11.4 Å². The fourth-order valence-corrected chi connectivity index (χ4v) is 3.26. The van der Waals surface area contributed by atoms with Gasteiger partial charge in [0.25, 0.3) is 0 Å². The molecule has 100 valence electrons. The van der Waals surface area contributed by atoms with Crippen molar-refractivity contribution in [2.75, 3.05) is 5.73 Å². The quantitative estimate of drug-likeness (QED) is 0.917. The average molecular weight is 273 g/mol. The van der Waals surface area contributed by atoms with Gasteiger partial charge in [0.05, 0.1) is 5.69 Å². The van der Waals surface area contributed by atoms with Gasteiger partial charge in [-0.05, 0) is 50.8 Å². The molecule has 2 aromatic heterocycles. The topological polar surface area (TPSA) is 43.8 Å². The standard InChI is InChI=1S/C15H19N3S/c1-10-8-12(6-7-13-9-19-15(16)17-13)11(2)18(10)14-4-3-5-14/h6-9,14H,3-5H2,1-2H3,(H2,16,17)/b7-6+. The first-order chi connectivity index (χ1) is 9.15. The minimum Gasteiger partial charge on any atom is -0.375 e. The van der Waals surface area contributed by atoms with Crippen LogP contribution in [-0.4, -0.2) is 9.55 Å². The Kier molecular flexibility index (Phi) is 3.19. The molecule has 4 heteroatoms. The van der Waals surface area contributed by atoms with E-state index in [0.29, 0.717) is 5.13 Å². The molecule has 2 aromatic rings. The van der Waals surface area contributed by atoms with E-state index in [1.165, 1.54) is 47.6 Å². The maximum atomic E-state index is 5.64. The second-order valence-electron chi connectivity index (χ2n) is 5.23. The molecule has 19 heavy (non-hydrogen) atoms. The maximum Gasteiger partial charge on any atom is 0.180 e. The predicted molar refractivity (Wildman–Crippen MR) is 82.2 cm³/mol. The first-order valence-corrected chi connectivity index (χ1v) is 7.60. The number of nitrogen functional groups attached to an aromatic ring is 1. The molecule has 0 aliphatic heterocycles. The third-order valence-corrected chi connectivity index (χ3v) is 4.63. The SMILES string of the molecule is Cc1cc(/C=C/c2csc(N)n2)c(C)n1C1CCC1. The van der Waals surface area contributed by atoms with Gasteiger partial charge in [-0.25, -0.2) is 4.98 Å². The van der Waals surface area contributed by atoms with Crippen LogP contribution in [0.1, 0.15) is 47.9 Å². The Balaban J connectivity index is 1.87. The molecule has 1 aliphatic carbocycles. The Morgan fingerprint density at radius 2 is 2.16 bits per heavy atom. The number of rotatable bonds is 3. The highest BCUT2D eigenvalue weighted by molar-refractivity contribution is 7.13. The van der Waals surface area contributed by atoms with Gasteiger partial charge in [-0.2, -0.15) is 0 Å². The third kappa shape index (κ3) is 2.32. The number of aromatic nitrogens is 2. The van der Waals surface area contributed by atoms with Gasteiger partial charge in [0.1, 0.15) is 0 Å².